The van der Waals surface area contributed by atoms with E-state index in [1.54, 1.807) is 0 Å². The Morgan fingerprint density at radius 3 is 2.16 bits per heavy atom. The Morgan fingerprint density at radius 2 is 1.66 bits per heavy atom. The van der Waals surface area contributed by atoms with Crippen LogP contribution in [0.3, 0.4) is 0 Å². The third-order valence-corrected chi connectivity index (χ3v) is 6.18. The van der Waals surface area contributed by atoms with Gasteiger partial charge >= 0.3 is 18.1 Å². The van der Waals surface area contributed by atoms with E-state index in [0.717, 1.165) is 24.3 Å². The van der Waals surface area contributed by atoms with Crippen molar-refractivity contribution in [3.05, 3.63) is 35.4 Å². The topological polar surface area (TPSA) is 237 Å². The zero-order chi connectivity index (χ0) is 28.8. The first-order valence-corrected chi connectivity index (χ1v) is 11.5. The van der Waals surface area contributed by atoms with E-state index >= 15 is 0 Å². The van der Waals surface area contributed by atoms with Crippen molar-refractivity contribution in [2.24, 2.45) is 17.4 Å². The number of benzene rings is 1. The highest BCUT2D eigenvalue weighted by Gasteiger charge is 2.58. The monoisotopic (exact) mass is 549 g/mol. The van der Waals surface area contributed by atoms with Crippen LogP contribution in [0.4, 0.5) is 13.2 Å². The van der Waals surface area contributed by atoms with Crippen molar-refractivity contribution in [2.75, 3.05) is 0 Å². The number of amides is 2. The van der Waals surface area contributed by atoms with Crippen LogP contribution in [0.15, 0.2) is 24.3 Å². The Labute approximate surface area is 214 Å². The summed E-state index contributed by atoms with van der Waals surface area (Å²) in [6.07, 6.45) is -8.62. The Kier molecular flexibility index (Phi) is 10.2. The summed E-state index contributed by atoms with van der Waals surface area (Å²) in [4.78, 5) is 46.5. The summed E-state index contributed by atoms with van der Waals surface area (Å²) in [5.74, 6) is -11.1. The molecule has 1 aliphatic rings. The van der Waals surface area contributed by atoms with Gasteiger partial charge in [0.2, 0.25) is 5.91 Å². The van der Waals surface area contributed by atoms with Gasteiger partial charge in [-0.3, -0.25) is 25.4 Å². The summed E-state index contributed by atoms with van der Waals surface area (Å²) in [6.45, 7) is 0. The number of halogens is 3. The maximum atomic E-state index is 13.5. The molecule has 212 valence electrons. The van der Waals surface area contributed by atoms with Crippen molar-refractivity contribution in [1.29, 1.82) is 0 Å². The maximum Gasteiger partial charge on any atom is 0.443 e. The van der Waals surface area contributed by atoms with Crippen LogP contribution in [-0.2, 0) is 14.4 Å². The quantitative estimate of drug-likeness (QED) is 0.145. The van der Waals surface area contributed by atoms with E-state index in [0.29, 0.717) is 0 Å². The molecule has 5 atom stereocenters. The van der Waals surface area contributed by atoms with Crippen LogP contribution in [0.5, 0.6) is 0 Å². The highest BCUT2D eigenvalue weighted by atomic mass is 19.4. The zero-order valence-corrected chi connectivity index (χ0v) is 19.9. The third kappa shape index (κ3) is 7.84. The minimum atomic E-state index is -5.44. The summed E-state index contributed by atoms with van der Waals surface area (Å²) >= 11 is 0. The Hall–Kier alpha value is -3.31. The standard InChI is InChI=1S/C22H30F3N5O8/c23-22(24,25)21(37,38)13(3-1-2-12-16(26)29-20(27)30-18(12)34)10-4-6-11(7-5-10)17(33)28-14(19(35)36)8-9-15(31)32/h4-7,12-14,16,20,29,37-38H,1-3,8-9,26-27H2,(H,28,33)(H,30,34)(H,31,32)(H,35,36)/t12-,13+,14-,16-,20+/m0/s1. The molecular formula is C22H30F3N5O8. The number of hydrogen-bond acceptors (Lipinski definition) is 9. The van der Waals surface area contributed by atoms with E-state index in [1.807, 2.05) is 0 Å². The van der Waals surface area contributed by atoms with Gasteiger partial charge in [-0.1, -0.05) is 18.6 Å². The first-order chi connectivity index (χ1) is 17.5. The number of carbonyl (C=O) groups excluding carboxylic acids is 2. The molecule has 1 aromatic carbocycles. The Balaban J connectivity index is 2.18. The molecule has 1 saturated heterocycles. The fourth-order valence-electron chi connectivity index (χ4n) is 4.07. The molecule has 38 heavy (non-hydrogen) atoms. The predicted octanol–water partition coefficient (Wildman–Crippen LogP) is -0.906. The van der Waals surface area contributed by atoms with Crippen LogP contribution in [0, 0.1) is 5.92 Å². The summed E-state index contributed by atoms with van der Waals surface area (Å²) in [5.41, 5.74) is 11.0. The van der Waals surface area contributed by atoms with Crippen LogP contribution in [-0.4, -0.2) is 74.6 Å². The van der Waals surface area contributed by atoms with Gasteiger partial charge in [-0.05, 0) is 37.0 Å². The maximum absolute atomic E-state index is 13.5. The number of hydrogen-bond donors (Lipinski definition) is 9. The molecule has 16 heteroatoms. The highest BCUT2D eigenvalue weighted by molar-refractivity contribution is 5.96. The second kappa shape index (κ2) is 12.5. The summed E-state index contributed by atoms with van der Waals surface area (Å²) in [5, 5.41) is 45.1. The number of carboxylic acid groups (broad SMARTS) is 2. The number of carbonyl (C=O) groups is 4. The van der Waals surface area contributed by atoms with E-state index in [2.05, 4.69) is 16.0 Å². The van der Waals surface area contributed by atoms with Gasteiger partial charge in [0.15, 0.2) is 0 Å². The van der Waals surface area contributed by atoms with Gasteiger partial charge in [0, 0.05) is 17.9 Å². The van der Waals surface area contributed by atoms with Gasteiger partial charge in [0.25, 0.3) is 11.7 Å². The first kappa shape index (κ1) is 30.9. The Bertz CT molecular complexity index is 1020. The van der Waals surface area contributed by atoms with Crippen LogP contribution >= 0.6 is 0 Å². The number of aliphatic carboxylic acids is 2. The second-order valence-electron chi connectivity index (χ2n) is 8.91. The van der Waals surface area contributed by atoms with Crippen molar-refractivity contribution < 1.29 is 52.8 Å². The molecule has 0 unspecified atom stereocenters. The van der Waals surface area contributed by atoms with E-state index < -0.39 is 85.3 Å². The van der Waals surface area contributed by atoms with Crippen molar-refractivity contribution >= 4 is 23.8 Å². The number of nitrogens with two attached hydrogens (primary N) is 2. The van der Waals surface area contributed by atoms with E-state index in [-0.39, 0.29) is 24.0 Å². The highest BCUT2D eigenvalue weighted by Crippen LogP contribution is 2.42. The molecule has 0 aliphatic carbocycles. The van der Waals surface area contributed by atoms with Gasteiger partial charge in [0.1, 0.15) is 12.3 Å². The second-order valence-corrected chi connectivity index (χ2v) is 8.91. The minimum Gasteiger partial charge on any atom is -0.481 e. The minimum absolute atomic E-state index is 0.00453. The number of rotatable bonds is 12. The molecule has 0 bridgehead atoms. The lowest BCUT2D eigenvalue weighted by Crippen LogP contribution is -2.67. The fraction of sp³-hybridized carbons (Fsp3) is 0.545. The number of carboxylic acids is 2. The average Bonchev–Trinajstić information content (AvgIpc) is 2.79. The molecule has 2 amide bonds. The molecule has 1 aromatic rings. The smallest absolute Gasteiger partial charge is 0.443 e. The van der Waals surface area contributed by atoms with Crippen LogP contribution in [0.2, 0.25) is 0 Å². The van der Waals surface area contributed by atoms with Crippen LogP contribution < -0.4 is 27.4 Å². The first-order valence-electron chi connectivity index (χ1n) is 11.5. The van der Waals surface area contributed by atoms with Gasteiger partial charge in [-0.25, -0.2) is 4.79 Å². The van der Waals surface area contributed by atoms with E-state index in [1.165, 1.54) is 0 Å². The van der Waals surface area contributed by atoms with Crippen molar-refractivity contribution in [3.8, 4) is 0 Å². The lowest BCUT2D eigenvalue weighted by molar-refractivity contribution is -0.359. The number of aliphatic hydroxyl groups is 2. The molecular weight excluding hydrogens is 519 g/mol. The van der Waals surface area contributed by atoms with Gasteiger partial charge in [-0.2, -0.15) is 13.2 Å². The molecule has 13 nitrogen and oxygen atoms in total. The summed E-state index contributed by atoms with van der Waals surface area (Å²) < 4.78 is 40.5. The Morgan fingerprint density at radius 1 is 1.05 bits per heavy atom. The molecule has 0 saturated carbocycles. The van der Waals surface area contributed by atoms with Crippen molar-refractivity contribution in [2.45, 2.75) is 68.5 Å². The molecule has 2 rings (SSSR count). The number of nitrogens with one attached hydrogen (secondary N) is 3. The lowest BCUT2D eigenvalue weighted by Gasteiger charge is -2.35. The normalized spacial score (nSPS) is 21.8. The molecule has 1 fully saturated rings. The SMILES string of the molecule is N[C@H]1NC(=O)[C@@H](CCC[C@H](c2ccc(C(=O)N[C@@H](CCC(=O)O)C(=O)O)cc2)C(O)(O)C(F)(F)F)[C@@H](N)N1. The zero-order valence-electron chi connectivity index (χ0n) is 19.9. The predicted molar refractivity (Wildman–Crippen MR) is 123 cm³/mol. The third-order valence-electron chi connectivity index (χ3n) is 6.18. The van der Waals surface area contributed by atoms with E-state index in [9.17, 15) is 47.7 Å². The lowest BCUT2D eigenvalue weighted by atomic mass is 9.83. The van der Waals surface area contributed by atoms with Crippen LogP contribution in [0.25, 0.3) is 0 Å². The molecule has 1 heterocycles. The van der Waals surface area contributed by atoms with Gasteiger partial charge in [0.05, 0.1) is 12.1 Å². The van der Waals surface area contributed by atoms with Crippen molar-refractivity contribution in [3.63, 3.8) is 0 Å². The fourth-order valence-corrected chi connectivity index (χ4v) is 4.07. The molecule has 0 aromatic heterocycles. The molecule has 11 N–H and O–H groups in total. The molecule has 1 aliphatic heterocycles. The summed E-state index contributed by atoms with van der Waals surface area (Å²) in [6, 6.07) is 2.72. The average molecular weight is 550 g/mol. The molecule has 0 radical (unpaired) electrons. The largest absolute Gasteiger partial charge is 0.481 e. The van der Waals surface area contributed by atoms with E-state index in [4.69, 9.17) is 16.6 Å². The van der Waals surface area contributed by atoms with Crippen LogP contribution in [0.1, 0.15) is 53.9 Å². The van der Waals surface area contributed by atoms with Gasteiger partial charge < -0.3 is 36.8 Å². The summed E-state index contributed by atoms with van der Waals surface area (Å²) in [7, 11) is 0. The van der Waals surface area contributed by atoms with Gasteiger partial charge in [-0.15, -0.1) is 0 Å². The molecule has 0 spiro atoms. The number of alkyl halides is 3. The van der Waals surface area contributed by atoms with Crippen molar-refractivity contribution in [1.82, 2.24) is 16.0 Å².